The molecule has 1 amide bonds. The van der Waals surface area contributed by atoms with Gasteiger partial charge in [0, 0.05) is 42.6 Å². The Balaban J connectivity index is 1.51. The third-order valence-corrected chi connectivity index (χ3v) is 5.25. The number of hydrogen-bond acceptors (Lipinski definition) is 4. The van der Waals surface area contributed by atoms with Crippen LogP contribution in [0.2, 0.25) is 0 Å². The number of anilines is 1. The molecule has 0 aliphatic carbocycles. The van der Waals surface area contributed by atoms with E-state index < -0.39 is 12.0 Å². The van der Waals surface area contributed by atoms with Gasteiger partial charge in [-0.15, -0.1) is 0 Å². The fourth-order valence-corrected chi connectivity index (χ4v) is 3.74. The zero-order valence-corrected chi connectivity index (χ0v) is 16.9. The first-order valence-electron chi connectivity index (χ1n) is 9.92. The molecule has 0 bridgehead atoms. The van der Waals surface area contributed by atoms with Crippen molar-refractivity contribution in [2.45, 2.75) is 51.7 Å². The van der Waals surface area contributed by atoms with Crippen LogP contribution in [0.25, 0.3) is 11.1 Å². The second-order valence-electron chi connectivity index (χ2n) is 8.68. The maximum Gasteiger partial charge on any atom is 0.410 e. The molecule has 6 nitrogen and oxygen atoms in total. The first kappa shape index (κ1) is 19.7. The third-order valence-electron chi connectivity index (χ3n) is 5.25. The Labute approximate surface area is 168 Å². The van der Waals surface area contributed by atoms with Crippen LogP contribution in [0, 0.1) is 0 Å². The zero-order valence-electron chi connectivity index (χ0n) is 16.9. The van der Waals surface area contributed by atoms with Crippen molar-refractivity contribution < 1.29 is 18.3 Å². The highest BCUT2D eigenvalue weighted by Gasteiger charge is 2.35. The molecule has 2 aliphatic rings. The number of halogens is 2. The minimum absolute atomic E-state index is 0.0155. The molecule has 29 heavy (non-hydrogen) atoms. The largest absolute Gasteiger partial charge is 0.444 e. The summed E-state index contributed by atoms with van der Waals surface area (Å²) in [7, 11) is 0. The van der Waals surface area contributed by atoms with E-state index in [0.29, 0.717) is 24.2 Å². The molecule has 4 rings (SSSR count). The summed E-state index contributed by atoms with van der Waals surface area (Å²) in [6.45, 7) is 7.28. The topological polar surface area (TPSA) is 59.4 Å². The Kier molecular flexibility index (Phi) is 4.96. The van der Waals surface area contributed by atoms with E-state index in [9.17, 15) is 13.6 Å². The molecule has 1 aromatic heterocycles. The normalized spacial score (nSPS) is 17.0. The van der Waals surface area contributed by atoms with Crippen molar-refractivity contribution in [1.82, 2.24) is 14.7 Å². The van der Waals surface area contributed by atoms with E-state index in [1.165, 1.54) is 0 Å². The number of likely N-dealkylation sites (tertiary alicyclic amines) is 1. The molecule has 1 saturated heterocycles. The van der Waals surface area contributed by atoms with Crippen LogP contribution in [0.4, 0.5) is 19.3 Å². The zero-order chi connectivity index (χ0) is 20.8. The number of fused-ring (bicyclic) bond motifs is 1. The van der Waals surface area contributed by atoms with E-state index in [-0.39, 0.29) is 17.7 Å². The van der Waals surface area contributed by atoms with Gasteiger partial charge in [0.1, 0.15) is 5.60 Å². The fraction of sp³-hybridized carbons (Fsp3) is 0.524. The molecule has 1 aromatic carbocycles. The Morgan fingerprint density at radius 1 is 1.31 bits per heavy atom. The summed E-state index contributed by atoms with van der Waals surface area (Å²) in [5, 5.41) is 7.58. The highest BCUT2D eigenvalue weighted by atomic mass is 19.3. The average molecular weight is 404 g/mol. The summed E-state index contributed by atoms with van der Waals surface area (Å²) in [5.41, 5.74) is 2.54. The van der Waals surface area contributed by atoms with Crippen molar-refractivity contribution in [3.05, 3.63) is 35.7 Å². The molecule has 0 saturated carbocycles. The van der Waals surface area contributed by atoms with Gasteiger partial charge in [0.15, 0.2) is 0 Å². The van der Waals surface area contributed by atoms with Crippen LogP contribution in [0.1, 0.15) is 50.8 Å². The molecule has 2 aromatic rings. The molecule has 156 valence electrons. The lowest BCUT2D eigenvalue weighted by atomic mass is 9.94. The highest BCUT2D eigenvalue weighted by molar-refractivity contribution is 5.73. The number of aromatic nitrogens is 2. The van der Waals surface area contributed by atoms with Crippen LogP contribution >= 0.6 is 0 Å². The lowest BCUT2D eigenvalue weighted by Gasteiger charge is -2.39. The van der Waals surface area contributed by atoms with E-state index >= 15 is 0 Å². The first-order valence-corrected chi connectivity index (χ1v) is 9.92. The van der Waals surface area contributed by atoms with Crippen LogP contribution in [0.15, 0.2) is 24.5 Å². The number of carbonyl (C=O) groups is 1. The number of nitrogens with zero attached hydrogens (tertiary/aromatic N) is 3. The number of alkyl halides is 2. The van der Waals surface area contributed by atoms with Crippen LogP contribution in [-0.4, -0.2) is 46.0 Å². The maximum absolute atomic E-state index is 13.7. The number of benzene rings is 1. The molecule has 1 N–H and O–H groups in total. The molecule has 2 aliphatic heterocycles. The van der Waals surface area contributed by atoms with Gasteiger partial charge in [-0.3, -0.25) is 4.68 Å². The summed E-state index contributed by atoms with van der Waals surface area (Å²) in [6.07, 6.45) is 2.38. The van der Waals surface area contributed by atoms with E-state index in [0.717, 1.165) is 30.6 Å². The fourth-order valence-electron chi connectivity index (χ4n) is 3.74. The lowest BCUT2D eigenvalue weighted by Crippen LogP contribution is -2.52. The number of hydrogen-bond donors (Lipinski definition) is 1. The van der Waals surface area contributed by atoms with Crippen molar-refractivity contribution in [3.63, 3.8) is 0 Å². The number of carbonyl (C=O) groups excluding carboxylic acids is 1. The molecule has 0 atom stereocenters. The second kappa shape index (κ2) is 7.31. The molecule has 8 heteroatoms. The van der Waals surface area contributed by atoms with Crippen molar-refractivity contribution in [2.24, 2.45) is 0 Å². The number of aryl methyl sites for hydroxylation is 1. The predicted molar refractivity (Wildman–Crippen MR) is 106 cm³/mol. The summed E-state index contributed by atoms with van der Waals surface area (Å²) in [6, 6.07) is 3.45. The predicted octanol–water partition coefficient (Wildman–Crippen LogP) is 4.64. The molecule has 0 spiro atoms. The summed E-state index contributed by atoms with van der Waals surface area (Å²) >= 11 is 0. The highest BCUT2D eigenvalue weighted by Crippen LogP contribution is 2.37. The van der Waals surface area contributed by atoms with E-state index in [2.05, 4.69) is 10.4 Å². The number of ether oxygens (including phenoxy) is 1. The summed E-state index contributed by atoms with van der Waals surface area (Å²) in [4.78, 5) is 13.7. The van der Waals surface area contributed by atoms with Crippen LogP contribution in [0.5, 0.6) is 0 Å². The van der Waals surface area contributed by atoms with Gasteiger partial charge in [-0.25, -0.2) is 13.6 Å². The molecular weight excluding hydrogens is 378 g/mol. The van der Waals surface area contributed by atoms with Crippen LogP contribution in [-0.2, 0) is 11.2 Å². The Hall–Kier alpha value is -2.64. The van der Waals surface area contributed by atoms with Crippen molar-refractivity contribution in [3.8, 4) is 11.1 Å². The first-order chi connectivity index (χ1) is 13.7. The van der Waals surface area contributed by atoms with Gasteiger partial charge in [0.2, 0.25) is 0 Å². The SMILES string of the molecule is CC(C)(C)OC(=O)N1CC(n2cc(-c3cc4c(cc3C(F)F)NCCC4)cn2)C1. The minimum Gasteiger partial charge on any atom is -0.444 e. The quantitative estimate of drug-likeness (QED) is 0.810. The smallest absolute Gasteiger partial charge is 0.410 e. The van der Waals surface area contributed by atoms with Gasteiger partial charge in [-0.2, -0.15) is 5.10 Å². The third kappa shape index (κ3) is 4.06. The number of amides is 1. The van der Waals surface area contributed by atoms with Gasteiger partial charge < -0.3 is 15.0 Å². The standard InChI is InChI=1S/C21H26F2N4O2/c1-21(2,3)29-20(28)26-11-15(12-26)27-10-14(9-25-27)16-7-13-5-4-6-24-18(13)8-17(16)19(22)23/h7-10,15,19,24H,4-6,11-12H2,1-3H3. The van der Waals surface area contributed by atoms with Gasteiger partial charge in [0.05, 0.1) is 12.2 Å². The van der Waals surface area contributed by atoms with Crippen LogP contribution < -0.4 is 5.32 Å². The van der Waals surface area contributed by atoms with E-state index in [1.807, 2.05) is 26.8 Å². The monoisotopic (exact) mass is 404 g/mol. The van der Waals surface area contributed by atoms with E-state index in [4.69, 9.17) is 4.74 Å². The molecule has 1 fully saturated rings. The Morgan fingerprint density at radius 3 is 2.76 bits per heavy atom. The molecular formula is C21H26F2N4O2. The molecule has 3 heterocycles. The summed E-state index contributed by atoms with van der Waals surface area (Å²) in [5.74, 6) is 0. The van der Waals surface area contributed by atoms with Gasteiger partial charge in [-0.1, -0.05) is 0 Å². The Morgan fingerprint density at radius 2 is 2.07 bits per heavy atom. The Bertz CT molecular complexity index is 914. The number of rotatable bonds is 3. The minimum atomic E-state index is -2.56. The van der Waals surface area contributed by atoms with Crippen molar-refractivity contribution in [2.75, 3.05) is 25.0 Å². The second-order valence-corrected chi connectivity index (χ2v) is 8.68. The van der Waals surface area contributed by atoms with Gasteiger partial charge >= 0.3 is 6.09 Å². The van der Waals surface area contributed by atoms with Gasteiger partial charge in [0.25, 0.3) is 6.43 Å². The average Bonchev–Trinajstić information content (AvgIpc) is 3.07. The van der Waals surface area contributed by atoms with E-state index in [1.54, 1.807) is 28.0 Å². The van der Waals surface area contributed by atoms with Crippen molar-refractivity contribution >= 4 is 11.8 Å². The van der Waals surface area contributed by atoms with Crippen LogP contribution in [0.3, 0.4) is 0 Å². The van der Waals surface area contributed by atoms with Crippen molar-refractivity contribution in [1.29, 1.82) is 0 Å². The van der Waals surface area contributed by atoms with Gasteiger partial charge in [-0.05, 0) is 56.9 Å². The molecule has 0 radical (unpaired) electrons. The lowest BCUT2D eigenvalue weighted by molar-refractivity contribution is -0.000385. The summed E-state index contributed by atoms with van der Waals surface area (Å²) < 4.78 is 34.5. The number of nitrogens with one attached hydrogen (secondary N) is 1. The maximum atomic E-state index is 13.7. The molecule has 0 unspecified atom stereocenters.